The number of pyridine rings is 1. The monoisotopic (exact) mass is 445 g/mol. The van der Waals surface area contributed by atoms with Crippen LogP contribution in [0, 0.1) is 6.92 Å². The third kappa shape index (κ3) is 6.56. The van der Waals surface area contributed by atoms with Crippen molar-refractivity contribution in [3.63, 3.8) is 0 Å². The summed E-state index contributed by atoms with van der Waals surface area (Å²) in [5.41, 5.74) is 4.59. The van der Waals surface area contributed by atoms with Crippen molar-refractivity contribution in [1.82, 2.24) is 15.3 Å². The van der Waals surface area contributed by atoms with E-state index in [0.717, 1.165) is 40.4 Å². The van der Waals surface area contributed by atoms with Gasteiger partial charge in [0, 0.05) is 28.9 Å². The highest BCUT2D eigenvalue weighted by Crippen LogP contribution is 2.30. The van der Waals surface area contributed by atoms with Gasteiger partial charge in [0.05, 0.1) is 11.4 Å². The third-order valence-corrected chi connectivity index (χ3v) is 7.06. The molecule has 1 aromatic carbocycles. The molecule has 0 unspecified atom stereocenters. The summed E-state index contributed by atoms with van der Waals surface area (Å²) in [6, 6.07) is 12.3. The number of hydrogen-bond donors (Lipinski definition) is 1. The van der Waals surface area contributed by atoms with Crippen LogP contribution < -0.4 is 5.32 Å². The number of benzene rings is 1. The summed E-state index contributed by atoms with van der Waals surface area (Å²) in [4.78, 5) is 22.1. The quantitative estimate of drug-likeness (QED) is 0.453. The molecule has 2 aromatic heterocycles. The Kier molecular flexibility index (Phi) is 8.09. The Morgan fingerprint density at radius 2 is 1.93 bits per heavy atom. The fourth-order valence-electron chi connectivity index (χ4n) is 2.76. The van der Waals surface area contributed by atoms with Crippen molar-refractivity contribution in [2.45, 2.75) is 32.4 Å². The molecule has 29 heavy (non-hydrogen) atoms. The molecule has 152 valence electrons. The Morgan fingerprint density at radius 1 is 1.17 bits per heavy atom. The number of thioether (sulfide) groups is 1. The lowest BCUT2D eigenvalue weighted by Crippen LogP contribution is -2.27. The van der Waals surface area contributed by atoms with Crippen LogP contribution in [0.25, 0.3) is 10.6 Å². The van der Waals surface area contributed by atoms with E-state index in [0.29, 0.717) is 17.5 Å². The summed E-state index contributed by atoms with van der Waals surface area (Å²) in [5, 5.41) is 4.48. The highest BCUT2D eigenvalue weighted by atomic mass is 35.5. The zero-order valence-electron chi connectivity index (χ0n) is 16.6. The van der Waals surface area contributed by atoms with E-state index in [4.69, 9.17) is 16.6 Å². The molecular formula is C22H24ClN3OS2. The highest BCUT2D eigenvalue weighted by molar-refractivity contribution is 7.99. The van der Waals surface area contributed by atoms with Crippen molar-refractivity contribution >= 4 is 40.6 Å². The van der Waals surface area contributed by atoms with Crippen LogP contribution in [0.3, 0.4) is 0 Å². The van der Waals surface area contributed by atoms with Crippen molar-refractivity contribution in [3.05, 3.63) is 69.4 Å². The van der Waals surface area contributed by atoms with E-state index in [1.54, 1.807) is 35.4 Å². The van der Waals surface area contributed by atoms with Crippen LogP contribution in [0.4, 0.5) is 0 Å². The molecule has 1 amide bonds. The molecule has 0 saturated heterocycles. The number of hydrogen-bond acceptors (Lipinski definition) is 5. The number of aromatic nitrogens is 2. The molecule has 0 fully saturated rings. The predicted molar refractivity (Wildman–Crippen MR) is 124 cm³/mol. The summed E-state index contributed by atoms with van der Waals surface area (Å²) < 4.78 is 0. The van der Waals surface area contributed by atoms with Gasteiger partial charge in [-0.3, -0.25) is 4.79 Å². The van der Waals surface area contributed by atoms with Gasteiger partial charge in [-0.2, -0.15) is 0 Å². The fourth-order valence-corrected chi connectivity index (χ4v) is 5.00. The summed E-state index contributed by atoms with van der Waals surface area (Å²) in [6.45, 7) is 4.79. The first-order valence-corrected chi connectivity index (χ1v) is 11.9. The molecule has 0 bridgehead atoms. The first-order chi connectivity index (χ1) is 14.0. The van der Waals surface area contributed by atoms with Crippen LogP contribution in [-0.2, 0) is 23.4 Å². The molecule has 0 aliphatic heterocycles. The maximum Gasteiger partial charge on any atom is 0.230 e. The Balaban J connectivity index is 1.43. The Morgan fingerprint density at radius 3 is 2.62 bits per heavy atom. The Hall–Kier alpha value is -1.89. The number of nitrogens with zero attached hydrogens (tertiary/aromatic N) is 2. The average molecular weight is 446 g/mol. The fraction of sp³-hybridized carbons (Fsp3) is 0.318. The van der Waals surface area contributed by atoms with E-state index >= 15 is 0 Å². The molecule has 0 radical (unpaired) electrons. The van der Waals surface area contributed by atoms with Crippen molar-refractivity contribution in [2.75, 3.05) is 12.3 Å². The molecule has 7 heteroatoms. The van der Waals surface area contributed by atoms with Gasteiger partial charge >= 0.3 is 0 Å². The summed E-state index contributed by atoms with van der Waals surface area (Å²) >= 11 is 9.11. The molecule has 3 rings (SSSR count). The zero-order valence-corrected chi connectivity index (χ0v) is 19.0. The van der Waals surface area contributed by atoms with Gasteiger partial charge in [-0.05, 0) is 37.0 Å². The predicted octanol–water partition coefficient (Wildman–Crippen LogP) is 5.32. The number of nitrogens with one attached hydrogen (secondary N) is 1. The number of aryl methyl sites for hydroxylation is 2. The minimum Gasteiger partial charge on any atom is -0.355 e. The number of amides is 1. The standard InChI is InChI=1S/C22H24ClN3OS2/c1-3-16-4-7-18(8-5-16)22-26-15(2)19(29-22)13-28-14-21(27)24-11-10-17-6-9-20(23)25-12-17/h4-9,12H,3,10-11,13-14H2,1-2H3,(H,24,27). The lowest BCUT2D eigenvalue weighted by atomic mass is 10.1. The summed E-state index contributed by atoms with van der Waals surface area (Å²) in [7, 11) is 0. The molecule has 1 N–H and O–H groups in total. The normalized spacial score (nSPS) is 10.9. The number of carbonyl (C=O) groups excluding carboxylic acids is 1. The lowest BCUT2D eigenvalue weighted by Gasteiger charge is -2.05. The van der Waals surface area contributed by atoms with Gasteiger partial charge in [0.15, 0.2) is 0 Å². The summed E-state index contributed by atoms with van der Waals surface area (Å²) in [5.74, 6) is 1.29. The van der Waals surface area contributed by atoms with Gasteiger partial charge < -0.3 is 5.32 Å². The van der Waals surface area contributed by atoms with Crippen molar-refractivity contribution < 1.29 is 4.79 Å². The van der Waals surface area contributed by atoms with Crippen LogP contribution >= 0.6 is 34.7 Å². The second-order valence-corrected chi connectivity index (χ2v) is 9.12. The van der Waals surface area contributed by atoms with E-state index in [9.17, 15) is 4.79 Å². The van der Waals surface area contributed by atoms with Gasteiger partial charge in [0.2, 0.25) is 5.91 Å². The zero-order chi connectivity index (χ0) is 20.6. The summed E-state index contributed by atoms with van der Waals surface area (Å²) in [6.07, 6.45) is 3.52. The largest absolute Gasteiger partial charge is 0.355 e. The minimum atomic E-state index is 0.0504. The van der Waals surface area contributed by atoms with Crippen molar-refractivity contribution in [1.29, 1.82) is 0 Å². The first-order valence-electron chi connectivity index (χ1n) is 9.55. The van der Waals surface area contributed by atoms with Crippen molar-refractivity contribution in [3.8, 4) is 10.6 Å². The first kappa shape index (κ1) is 21.8. The highest BCUT2D eigenvalue weighted by Gasteiger charge is 2.11. The van der Waals surface area contributed by atoms with Gasteiger partial charge in [-0.1, -0.05) is 48.9 Å². The maximum absolute atomic E-state index is 12.1. The van der Waals surface area contributed by atoms with E-state index in [1.165, 1.54) is 10.4 Å². The number of rotatable bonds is 9. The van der Waals surface area contributed by atoms with E-state index < -0.39 is 0 Å². The topological polar surface area (TPSA) is 54.9 Å². The molecule has 4 nitrogen and oxygen atoms in total. The van der Waals surface area contributed by atoms with Gasteiger partial charge in [-0.15, -0.1) is 23.1 Å². The maximum atomic E-state index is 12.1. The number of carbonyl (C=O) groups is 1. The molecule has 3 aromatic rings. The molecule has 0 saturated carbocycles. The van der Waals surface area contributed by atoms with Crippen LogP contribution in [0.15, 0.2) is 42.6 Å². The van der Waals surface area contributed by atoms with Crippen molar-refractivity contribution in [2.24, 2.45) is 0 Å². The smallest absolute Gasteiger partial charge is 0.230 e. The van der Waals surface area contributed by atoms with Crippen LogP contribution in [0.1, 0.15) is 28.6 Å². The Bertz CT molecular complexity index is 940. The van der Waals surface area contributed by atoms with Crippen LogP contribution in [-0.4, -0.2) is 28.2 Å². The minimum absolute atomic E-state index is 0.0504. The molecule has 0 aliphatic carbocycles. The molecular weight excluding hydrogens is 422 g/mol. The molecule has 0 aliphatic rings. The third-order valence-electron chi connectivity index (χ3n) is 4.49. The molecule has 0 spiro atoms. The average Bonchev–Trinajstić information content (AvgIpc) is 3.10. The van der Waals surface area contributed by atoms with Gasteiger partial charge in [-0.25, -0.2) is 9.97 Å². The van der Waals surface area contributed by atoms with Gasteiger partial charge in [0.1, 0.15) is 10.2 Å². The molecule has 2 heterocycles. The lowest BCUT2D eigenvalue weighted by molar-refractivity contribution is -0.118. The Labute approximate surface area is 185 Å². The SMILES string of the molecule is CCc1ccc(-c2nc(C)c(CSCC(=O)NCCc3ccc(Cl)nc3)s2)cc1. The number of halogens is 1. The second-order valence-electron chi connectivity index (χ2n) is 6.66. The van der Waals surface area contributed by atoms with E-state index in [2.05, 4.69) is 41.5 Å². The van der Waals surface area contributed by atoms with Crippen LogP contribution in [0.5, 0.6) is 0 Å². The molecule has 0 atom stereocenters. The second kappa shape index (κ2) is 10.8. The van der Waals surface area contributed by atoms with Gasteiger partial charge in [0.25, 0.3) is 0 Å². The van der Waals surface area contributed by atoms with Crippen LogP contribution in [0.2, 0.25) is 5.15 Å². The van der Waals surface area contributed by atoms with E-state index in [1.807, 2.05) is 13.0 Å². The number of thiazole rings is 1. The van der Waals surface area contributed by atoms with E-state index in [-0.39, 0.29) is 5.91 Å².